The fraction of sp³-hybridized carbons (Fsp3) is 0.429. The van der Waals surface area contributed by atoms with E-state index < -0.39 is 5.66 Å². The Morgan fingerprint density at radius 3 is 2.40 bits per heavy atom. The molecule has 0 saturated carbocycles. The number of aliphatic imine (C=N–C) groups is 2. The van der Waals surface area contributed by atoms with Crippen LogP contribution in [0.15, 0.2) is 34.3 Å². The highest BCUT2D eigenvalue weighted by Crippen LogP contribution is 2.29. The molecule has 20 heavy (non-hydrogen) atoms. The Bertz CT molecular complexity index is 548. The van der Waals surface area contributed by atoms with Crippen molar-refractivity contribution in [3.8, 4) is 0 Å². The van der Waals surface area contributed by atoms with Crippen molar-refractivity contribution in [3.05, 3.63) is 29.8 Å². The van der Waals surface area contributed by atoms with E-state index in [1.54, 1.807) is 0 Å². The molecular formula is C14H22ClN5. The van der Waals surface area contributed by atoms with Crippen molar-refractivity contribution in [1.29, 1.82) is 0 Å². The van der Waals surface area contributed by atoms with E-state index in [0.717, 1.165) is 5.69 Å². The summed E-state index contributed by atoms with van der Waals surface area (Å²) in [5, 5.41) is 0. The summed E-state index contributed by atoms with van der Waals surface area (Å²) >= 11 is 0. The second-order valence-corrected chi connectivity index (χ2v) is 5.52. The lowest BCUT2D eigenvalue weighted by atomic mass is 10.0. The molecule has 0 saturated heterocycles. The van der Waals surface area contributed by atoms with Crippen LogP contribution in [0.2, 0.25) is 0 Å². The van der Waals surface area contributed by atoms with Crippen LogP contribution in [-0.4, -0.2) is 17.6 Å². The van der Waals surface area contributed by atoms with Gasteiger partial charge in [-0.25, -0.2) is 4.99 Å². The predicted octanol–water partition coefficient (Wildman–Crippen LogP) is 2.42. The molecule has 0 atom stereocenters. The molecule has 0 unspecified atom stereocenters. The molecule has 6 heteroatoms. The molecule has 4 N–H and O–H groups in total. The van der Waals surface area contributed by atoms with Crippen molar-refractivity contribution in [3.63, 3.8) is 0 Å². The normalized spacial score (nSPS) is 17.4. The Balaban J connectivity index is 0.00000200. The third kappa shape index (κ3) is 3.04. The first kappa shape index (κ1) is 16.3. The van der Waals surface area contributed by atoms with Crippen molar-refractivity contribution < 1.29 is 0 Å². The lowest BCUT2D eigenvalue weighted by Gasteiger charge is -2.38. The topological polar surface area (TPSA) is 80.0 Å². The average molecular weight is 296 g/mol. The van der Waals surface area contributed by atoms with Crippen molar-refractivity contribution in [2.75, 3.05) is 4.90 Å². The van der Waals surface area contributed by atoms with E-state index >= 15 is 0 Å². The lowest BCUT2D eigenvalue weighted by Crippen LogP contribution is -2.54. The third-order valence-electron chi connectivity index (χ3n) is 3.19. The molecule has 1 aliphatic heterocycles. The monoisotopic (exact) mass is 295 g/mol. The quantitative estimate of drug-likeness (QED) is 0.879. The number of hydrogen-bond acceptors (Lipinski definition) is 5. The van der Waals surface area contributed by atoms with E-state index in [2.05, 4.69) is 36.0 Å². The van der Waals surface area contributed by atoms with Gasteiger partial charge in [0, 0.05) is 5.69 Å². The van der Waals surface area contributed by atoms with Crippen LogP contribution in [0.4, 0.5) is 5.69 Å². The minimum Gasteiger partial charge on any atom is -0.369 e. The molecule has 0 radical (unpaired) electrons. The Labute approximate surface area is 126 Å². The number of benzene rings is 1. The van der Waals surface area contributed by atoms with Crippen LogP contribution in [0.25, 0.3) is 0 Å². The molecule has 1 aliphatic rings. The van der Waals surface area contributed by atoms with E-state index in [4.69, 9.17) is 11.5 Å². The molecule has 110 valence electrons. The Morgan fingerprint density at radius 2 is 1.85 bits per heavy atom. The molecule has 1 aromatic carbocycles. The highest BCUT2D eigenvalue weighted by atomic mass is 35.5. The van der Waals surface area contributed by atoms with Gasteiger partial charge in [-0.15, -0.1) is 12.4 Å². The largest absolute Gasteiger partial charge is 0.369 e. The number of anilines is 1. The zero-order valence-electron chi connectivity index (χ0n) is 12.3. The molecule has 1 heterocycles. The number of halogens is 1. The maximum absolute atomic E-state index is 6.02. The molecule has 0 fully saturated rings. The fourth-order valence-corrected chi connectivity index (χ4v) is 2.27. The zero-order valence-corrected chi connectivity index (χ0v) is 13.1. The van der Waals surface area contributed by atoms with Crippen LogP contribution in [0.5, 0.6) is 0 Å². The Kier molecular flexibility index (Phi) is 4.65. The summed E-state index contributed by atoms with van der Waals surface area (Å²) in [7, 11) is 0. The van der Waals surface area contributed by atoms with E-state index in [9.17, 15) is 0 Å². The minimum atomic E-state index is -0.536. The van der Waals surface area contributed by atoms with Gasteiger partial charge < -0.3 is 11.5 Å². The van der Waals surface area contributed by atoms with Gasteiger partial charge in [0.2, 0.25) is 11.9 Å². The molecule has 0 aliphatic carbocycles. The first-order valence-corrected chi connectivity index (χ1v) is 6.41. The van der Waals surface area contributed by atoms with Gasteiger partial charge in [-0.3, -0.25) is 4.90 Å². The first-order valence-electron chi connectivity index (χ1n) is 6.41. The maximum Gasteiger partial charge on any atom is 0.220 e. The molecule has 5 nitrogen and oxygen atoms in total. The number of nitrogens with two attached hydrogens (primary N) is 2. The van der Waals surface area contributed by atoms with E-state index in [0.29, 0.717) is 11.9 Å². The van der Waals surface area contributed by atoms with Gasteiger partial charge >= 0.3 is 0 Å². The van der Waals surface area contributed by atoms with Crippen molar-refractivity contribution >= 4 is 30.0 Å². The van der Waals surface area contributed by atoms with E-state index in [1.165, 1.54) is 5.56 Å². The second kappa shape index (κ2) is 5.71. The van der Waals surface area contributed by atoms with Gasteiger partial charge in [0.1, 0.15) is 5.66 Å². The van der Waals surface area contributed by atoms with Gasteiger partial charge in [-0.05, 0) is 37.5 Å². The number of rotatable bonds is 2. The van der Waals surface area contributed by atoms with Gasteiger partial charge in [-0.2, -0.15) is 4.99 Å². The second-order valence-electron chi connectivity index (χ2n) is 5.52. The Hall–Kier alpha value is -1.75. The first-order chi connectivity index (χ1) is 8.81. The summed E-state index contributed by atoms with van der Waals surface area (Å²) in [5.74, 6) is 1.05. The molecule has 0 amide bonds. The van der Waals surface area contributed by atoms with Crippen molar-refractivity contribution in [2.24, 2.45) is 21.5 Å². The predicted molar refractivity (Wildman–Crippen MR) is 87.6 cm³/mol. The molecule has 0 spiro atoms. The van der Waals surface area contributed by atoms with Crippen molar-refractivity contribution in [2.45, 2.75) is 39.3 Å². The standard InChI is InChI=1S/C14H21N5.ClH/c1-9(2)10-6-5-7-11(8-10)19-13(16)17-12(15)18-14(19,3)4;/h5-9H,1-4H3,(H4,15,16,17,18);1H. The lowest BCUT2D eigenvalue weighted by molar-refractivity contribution is 0.533. The number of hydrogen-bond donors (Lipinski definition) is 2. The molecular weight excluding hydrogens is 274 g/mol. The van der Waals surface area contributed by atoms with Crippen molar-refractivity contribution in [1.82, 2.24) is 0 Å². The smallest absolute Gasteiger partial charge is 0.220 e. The fourth-order valence-electron chi connectivity index (χ4n) is 2.27. The summed E-state index contributed by atoms with van der Waals surface area (Å²) < 4.78 is 0. The summed E-state index contributed by atoms with van der Waals surface area (Å²) in [6.07, 6.45) is 0. The van der Waals surface area contributed by atoms with Crippen LogP contribution in [0.3, 0.4) is 0 Å². The molecule has 1 aromatic rings. The minimum absolute atomic E-state index is 0. The van der Waals surface area contributed by atoms with Gasteiger partial charge in [0.05, 0.1) is 0 Å². The average Bonchev–Trinajstić information content (AvgIpc) is 2.26. The highest BCUT2D eigenvalue weighted by Gasteiger charge is 2.32. The van der Waals surface area contributed by atoms with Gasteiger partial charge in [0.15, 0.2) is 0 Å². The van der Waals surface area contributed by atoms with Crippen LogP contribution in [-0.2, 0) is 0 Å². The van der Waals surface area contributed by atoms with Gasteiger partial charge in [0.25, 0.3) is 0 Å². The summed E-state index contributed by atoms with van der Waals surface area (Å²) in [6.45, 7) is 8.25. The van der Waals surface area contributed by atoms with Gasteiger partial charge in [-0.1, -0.05) is 26.0 Å². The van der Waals surface area contributed by atoms with Crippen LogP contribution >= 0.6 is 12.4 Å². The van der Waals surface area contributed by atoms with Crippen LogP contribution < -0.4 is 16.4 Å². The Morgan fingerprint density at radius 1 is 1.20 bits per heavy atom. The number of guanidine groups is 2. The summed E-state index contributed by atoms with van der Waals surface area (Å²) in [4.78, 5) is 10.3. The zero-order chi connectivity index (χ0) is 14.2. The maximum atomic E-state index is 6.02. The van der Waals surface area contributed by atoms with Crippen LogP contribution in [0.1, 0.15) is 39.2 Å². The number of nitrogens with zero attached hydrogens (tertiary/aromatic N) is 3. The van der Waals surface area contributed by atoms with E-state index in [-0.39, 0.29) is 18.4 Å². The summed E-state index contributed by atoms with van der Waals surface area (Å²) in [5.41, 5.74) is 13.4. The molecule has 2 rings (SSSR count). The van der Waals surface area contributed by atoms with E-state index in [1.807, 2.05) is 30.9 Å². The highest BCUT2D eigenvalue weighted by molar-refractivity contribution is 6.05. The molecule has 0 bridgehead atoms. The molecule has 0 aromatic heterocycles. The van der Waals surface area contributed by atoms with Crippen LogP contribution in [0, 0.1) is 0 Å². The third-order valence-corrected chi connectivity index (χ3v) is 3.19. The SMILES string of the molecule is CC(C)c1cccc(N2C(N)=NC(N)=NC2(C)C)c1.Cl. The summed E-state index contributed by atoms with van der Waals surface area (Å²) in [6, 6.07) is 8.25.